The second-order valence-electron chi connectivity index (χ2n) is 5.32. The van der Waals surface area contributed by atoms with Crippen LogP contribution in [0.3, 0.4) is 0 Å². The number of ether oxygens (including phenoxy) is 1. The van der Waals surface area contributed by atoms with Gasteiger partial charge in [0.15, 0.2) is 5.13 Å². The highest BCUT2D eigenvalue weighted by Crippen LogP contribution is 2.37. The summed E-state index contributed by atoms with van der Waals surface area (Å²) in [6.07, 6.45) is 0. The molecule has 0 spiro atoms. The number of hydrogen-bond acceptors (Lipinski definition) is 4. The van der Waals surface area contributed by atoms with Crippen molar-refractivity contribution < 1.29 is 9.53 Å². The molecule has 124 valence electrons. The Bertz CT molecular complexity index is 924. The molecule has 3 rings (SSSR count). The van der Waals surface area contributed by atoms with E-state index in [1.807, 2.05) is 32.0 Å². The van der Waals surface area contributed by atoms with Gasteiger partial charge < -0.3 is 10.1 Å². The molecule has 0 aliphatic carbocycles. The van der Waals surface area contributed by atoms with Gasteiger partial charge in [0, 0.05) is 5.69 Å². The molecule has 2 amide bonds. The van der Waals surface area contributed by atoms with Crippen LogP contribution in [0, 0.1) is 13.8 Å². The van der Waals surface area contributed by atoms with Gasteiger partial charge in [-0.1, -0.05) is 29.0 Å². The van der Waals surface area contributed by atoms with Gasteiger partial charge in [-0.3, -0.25) is 5.32 Å². The Kier molecular flexibility index (Phi) is 4.59. The Morgan fingerprint density at radius 2 is 1.96 bits per heavy atom. The second kappa shape index (κ2) is 6.67. The van der Waals surface area contributed by atoms with E-state index in [9.17, 15) is 4.79 Å². The second-order valence-corrected chi connectivity index (χ2v) is 6.73. The topological polar surface area (TPSA) is 63.2 Å². The molecule has 5 nitrogen and oxygen atoms in total. The molecule has 0 unspecified atom stereocenters. The van der Waals surface area contributed by atoms with Crippen LogP contribution in [-0.4, -0.2) is 18.1 Å². The highest BCUT2D eigenvalue weighted by molar-refractivity contribution is 7.23. The number of methoxy groups -OCH3 is 1. The number of benzene rings is 2. The van der Waals surface area contributed by atoms with Gasteiger partial charge in [0.05, 0.1) is 16.8 Å². The van der Waals surface area contributed by atoms with Crippen molar-refractivity contribution in [3.63, 3.8) is 0 Å². The molecular formula is C17H16ClN3O2S. The first-order chi connectivity index (χ1) is 11.5. The maximum absolute atomic E-state index is 12.2. The molecule has 0 aliphatic rings. The van der Waals surface area contributed by atoms with E-state index in [0.29, 0.717) is 21.4 Å². The van der Waals surface area contributed by atoms with E-state index in [2.05, 4.69) is 15.6 Å². The summed E-state index contributed by atoms with van der Waals surface area (Å²) in [5.41, 5.74) is 3.65. The van der Waals surface area contributed by atoms with Crippen molar-refractivity contribution in [3.05, 3.63) is 46.5 Å². The number of aryl methyl sites for hydroxylation is 2. The van der Waals surface area contributed by atoms with Crippen molar-refractivity contribution in [3.8, 4) is 5.75 Å². The van der Waals surface area contributed by atoms with E-state index in [4.69, 9.17) is 16.3 Å². The number of nitrogens with zero attached hydrogens (tertiary/aromatic N) is 1. The fourth-order valence-electron chi connectivity index (χ4n) is 2.25. The number of anilines is 2. The average Bonchev–Trinajstić information content (AvgIpc) is 2.96. The van der Waals surface area contributed by atoms with E-state index in [1.165, 1.54) is 16.9 Å². The normalized spacial score (nSPS) is 10.7. The maximum atomic E-state index is 12.2. The summed E-state index contributed by atoms with van der Waals surface area (Å²) in [7, 11) is 1.57. The van der Waals surface area contributed by atoms with Crippen LogP contribution in [0.2, 0.25) is 5.02 Å². The zero-order valence-corrected chi connectivity index (χ0v) is 15.0. The number of nitrogens with one attached hydrogen (secondary N) is 2. The van der Waals surface area contributed by atoms with E-state index in [0.717, 1.165) is 16.0 Å². The summed E-state index contributed by atoms with van der Waals surface area (Å²) in [6, 6.07) is 8.90. The average molecular weight is 362 g/mol. The largest absolute Gasteiger partial charge is 0.494 e. The van der Waals surface area contributed by atoms with Crippen molar-refractivity contribution in [2.24, 2.45) is 0 Å². The Morgan fingerprint density at radius 3 is 2.67 bits per heavy atom. The lowest BCUT2D eigenvalue weighted by molar-refractivity contribution is 0.262. The minimum absolute atomic E-state index is 0.354. The van der Waals surface area contributed by atoms with Crippen LogP contribution < -0.4 is 15.4 Å². The Hall–Kier alpha value is -2.31. The molecule has 2 N–H and O–H groups in total. The number of rotatable bonds is 3. The van der Waals surface area contributed by atoms with Crippen molar-refractivity contribution in [2.45, 2.75) is 13.8 Å². The molecule has 24 heavy (non-hydrogen) atoms. The van der Waals surface area contributed by atoms with Crippen LogP contribution in [0.1, 0.15) is 11.1 Å². The van der Waals surface area contributed by atoms with Gasteiger partial charge >= 0.3 is 6.03 Å². The first-order valence-corrected chi connectivity index (χ1v) is 8.45. The predicted octanol–water partition coefficient (Wildman–Crippen LogP) is 5.22. The molecule has 0 saturated carbocycles. The van der Waals surface area contributed by atoms with E-state index in [1.54, 1.807) is 19.2 Å². The third-order valence-corrected chi connectivity index (χ3v) is 5.09. The number of hydrogen-bond donors (Lipinski definition) is 2. The number of aromatic nitrogens is 1. The lowest BCUT2D eigenvalue weighted by Crippen LogP contribution is -2.19. The molecule has 0 atom stereocenters. The molecule has 7 heteroatoms. The number of amides is 2. The quantitative estimate of drug-likeness (QED) is 0.672. The highest BCUT2D eigenvalue weighted by atomic mass is 35.5. The molecule has 0 radical (unpaired) electrons. The molecule has 2 aromatic carbocycles. The van der Waals surface area contributed by atoms with Crippen LogP contribution >= 0.6 is 22.9 Å². The molecule has 0 fully saturated rings. The fourth-order valence-corrected chi connectivity index (χ4v) is 3.40. The van der Waals surface area contributed by atoms with Gasteiger partial charge in [-0.2, -0.15) is 0 Å². The van der Waals surface area contributed by atoms with Gasteiger partial charge in [0.25, 0.3) is 0 Å². The van der Waals surface area contributed by atoms with Crippen LogP contribution in [0.4, 0.5) is 15.6 Å². The molecule has 3 aromatic rings. The number of halogens is 1. The number of carbonyl (C=O) groups is 1. The number of fused-ring (bicyclic) bond motifs is 1. The van der Waals surface area contributed by atoms with Crippen molar-refractivity contribution in [1.29, 1.82) is 0 Å². The monoisotopic (exact) mass is 361 g/mol. The third-order valence-electron chi connectivity index (χ3n) is 3.66. The Morgan fingerprint density at radius 1 is 1.17 bits per heavy atom. The number of carbonyl (C=O) groups excluding carboxylic acids is 1. The van der Waals surface area contributed by atoms with Crippen LogP contribution in [0.5, 0.6) is 5.75 Å². The molecule has 1 heterocycles. The molecule has 1 aromatic heterocycles. The Balaban J connectivity index is 1.80. The minimum Gasteiger partial charge on any atom is -0.494 e. The zero-order chi connectivity index (χ0) is 17.3. The highest BCUT2D eigenvalue weighted by Gasteiger charge is 2.14. The summed E-state index contributed by atoms with van der Waals surface area (Å²) < 4.78 is 6.05. The molecular weight excluding hydrogens is 346 g/mol. The van der Waals surface area contributed by atoms with Crippen molar-refractivity contribution in [1.82, 2.24) is 4.98 Å². The fraction of sp³-hybridized carbons (Fsp3) is 0.176. The SMILES string of the molecule is COc1ccc(Cl)c2sc(NC(=O)Nc3ccc(C)c(C)c3)nc12. The van der Waals surface area contributed by atoms with Gasteiger partial charge in [-0.05, 0) is 49.2 Å². The number of urea groups is 1. The third kappa shape index (κ3) is 3.29. The van der Waals surface area contributed by atoms with Crippen molar-refractivity contribution in [2.75, 3.05) is 17.7 Å². The van der Waals surface area contributed by atoms with E-state index >= 15 is 0 Å². The van der Waals surface area contributed by atoms with E-state index < -0.39 is 0 Å². The first-order valence-electron chi connectivity index (χ1n) is 7.26. The summed E-state index contributed by atoms with van der Waals surface area (Å²) >= 11 is 7.49. The van der Waals surface area contributed by atoms with Gasteiger partial charge in [-0.25, -0.2) is 9.78 Å². The molecule has 0 aliphatic heterocycles. The van der Waals surface area contributed by atoms with E-state index in [-0.39, 0.29) is 6.03 Å². The van der Waals surface area contributed by atoms with Crippen LogP contribution in [0.15, 0.2) is 30.3 Å². The molecule has 0 saturated heterocycles. The Labute approximate surface area is 148 Å². The summed E-state index contributed by atoms with van der Waals surface area (Å²) in [5, 5.41) is 6.57. The lowest BCUT2D eigenvalue weighted by atomic mass is 10.1. The lowest BCUT2D eigenvalue weighted by Gasteiger charge is -2.07. The van der Waals surface area contributed by atoms with Crippen LogP contribution in [-0.2, 0) is 0 Å². The molecule has 0 bridgehead atoms. The van der Waals surface area contributed by atoms with Crippen LogP contribution in [0.25, 0.3) is 10.2 Å². The number of thiazole rings is 1. The predicted molar refractivity (Wildman–Crippen MR) is 99.7 cm³/mol. The smallest absolute Gasteiger partial charge is 0.325 e. The summed E-state index contributed by atoms with van der Waals surface area (Å²) in [6.45, 7) is 4.03. The zero-order valence-electron chi connectivity index (χ0n) is 13.4. The van der Waals surface area contributed by atoms with Crippen molar-refractivity contribution >= 4 is 50.0 Å². The van der Waals surface area contributed by atoms with Gasteiger partial charge in [0.1, 0.15) is 11.3 Å². The standard InChI is InChI=1S/C17H16ClN3O2S/c1-9-4-5-11(8-10(9)2)19-16(22)21-17-20-14-13(23-3)7-6-12(18)15(14)24-17/h4-8H,1-3H3,(H2,19,20,21,22). The van der Waals surface area contributed by atoms with Gasteiger partial charge in [0.2, 0.25) is 0 Å². The summed E-state index contributed by atoms with van der Waals surface area (Å²) in [4.78, 5) is 16.6. The maximum Gasteiger partial charge on any atom is 0.325 e. The minimum atomic E-state index is -0.354. The summed E-state index contributed by atoms with van der Waals surface area (Å²) in [5.74, 6) is 0.619. The first kappa shape index (κ1) is 16.5. The van der Waals surface area contributed by atoms with Gasteiger partial charge in [-0.15, -0.1) is 0 Å².